The molecule has 0 saturated heterocycles. The maximum atomic E-state index is 12.7. The molecular formula is C22H28N3OS+. The Kier molecular flexibility index (Phi) is 5.41. The first-order chi connectivity index (χ1) is 13.1. The maximum Gasteiger partial charge on any atom is 0.259 e. The average molecular weight is 383 g/mol. The molecule has 2 heterocycles. The van der Waals surface area contributed by atoms with Crippen molar-refractivity contribution >= 4 is 16.3 Å². The zero-order valence-corrected chi connectivity index (χ0v) is 17.0. The average Bonchev–Trinajstić information content (AvgIpc) is 3.04. The van der Waals surface area contributed by atoms with Crippen molar-refractivity contribution in [1.29, 1.82) is 0 Å². The van der Waals surface area contributed by atoms with Crippen LogP contribution in [0.5, 0.6) is 0 Å². The summed E-state index contributed by atoms with van der Waals surface area (Å²) in [6, 6.07) is 12.8. The molecule has 2 aromatic heterocycles. The highest BCUT2D eigenvalue weighted by Gasteiger charge is 2.20. The molecule has 1 aromatic carbocycles. The van der Waals surface area contributed by atoms with Crippen molar-refractivity contribution in [2.24, 2.45) is 5.92 Å². The van der Waals surface area contributed by atoms with Gasteiger partial charge in [-0.1, -0.05) is 44.2 Å². The Hall–Kier alpha value is -1.98. The lowest BCUT2D eigenvalue weighted by atomic mass is 9.97. The van der Waals surface area contributed by atoms with Gasteiger partial charge in [-0.3, -0.25) is 9.20 Å². The number of benzene rings is 1. The zero-order valence-electron chi connectivity index (χ0n) is 16.1. The minimum absolute atomic E-state index is 0.0860. The summed E-state index contributed by atoms with van der Waals surface area (Å²) in [4.78, 5) is 19.8. The summed E-state index contributed by atoms with van der Waals surface area (Å²) < 4.78 is 1.85. The van der Waals surface area contributed by atoms with E-state index < -0.39 is 0 Å². The molecule has 0 amide bonds. The van der Waals surface area contributed by atoms with Crippen LogP contribution in [0.4, 0.5) is 0 Å². The molecule has 0 unspecified atom stereocenters. The summed E-state index contributed by atoms with van der Waals surface area (Å²) in [7, 11) is 0. The van der Waals surface area contributed by atoms with E-state index in [1.807, 2.05) is 4.40 Å². The number of fused-ring (bicyclic) bond motifs is 3. The standard InChI is InChI=1S/C22H27N3OS/c1-15(2)12-18(16-8-4-3-5-9-16)23-14-17-13-21(26)25-19-10-6-7-11-20(19)27-22(25)24-17/h3-5,8-9,13,15,18,23H,6-7,10-12,14H2,1-2H3/p+1/t18-/m0/s1. The van der Waals surface area contributed by atoms with E-state index >= 15 is 0 Å². The van der Waals surface area contributed by atoms with Crippen LogP contribution >= 0.6 is 11.3 Å². The second-order valence-electron chi connectivity index (χ2n) is 7.97. The van der Waals surface area contributed by atoms with Crippen molar-refractivity contribution < 1.29 is 5.32 Å². The largest absolute Gasteiger partial charge is 0.335 e. The highest BCUT2D eigenvalue weighted by atomic mass is 32.1. The normalized spacial score (nSPS) is 15.2. The van der Waals surface area contributed by atoms with E-state index in [0.29, 0.717) is 12.0 Å². The lowest BCUT2D eigenvalue weighted by molar-refractivity contribution is -0.713. The van der Waals surface area contributed by atoms with Crippen LogP contribution in [0.3, 0.4) is 0 Å². The van der Waals surface area contributed by atoms with Gasteiger partial charge in [0, 0.05) is 28.6 Å². The van der Waals surface area contributed by atoms with Crippen LogP contribution < -0.4 is 10.9 Å². The van der Waals surface area contributed by atoms with Gasteiger partial charge in [0.1, 0.15) is 18.3 Å². The minimum atomic E-state index is 0.0860. The Morgan fingerprint density at radius 2 is 1.96 bits per heavy atom. The van der Waals surface area contributed by atoms with Crippen LogP contribution in [-0.4, -0.2) is 9.38 Å². The molecule has 0 radical (unpaired) electrons. The Bertz CT molecular complexity index is 974. The van der Waals surface area contributed by atoms with E-state index in [9.17, 15) is 4.79 Å². The van der Waals surface area contributed by atoms with Crippen molar-refractivity contribution in [2.75, 3.05) is 0 Å². The molecule has 4 rings (SSSR count). The van der Waals surface area contributed by atoms with Crippen LogP contribution in [0.15, 0.2) is 41.2 Å². The smallest absolute Gasteiger partial charge is 0.259 e. The van der Waals surface area contributed by atoms with E-state index in [4.69, 9.17) is 4.98 Å². The molecule has 3 aromatic rings. The zero-order chi connectivity index (χ0) is 18.8. The summed E-state index contributed by atoms with van der Waals surface area (Å²) >= 11 is 1.71. The molecule has 5 heteroatoms. The van der Waals surface area contributed by atoms with E-state index in [0.717, 1.165) is 36.5 Å². The first kappa shape index (κ1) is 18.4. The van der Waals surface area contributed by atoms with Gasteiger partial charge in [0.2, 0.25) is 0 Å². The Balaban J connectivity index is 1.58. The minimum Gasteiger partial charge on any atom is -0.335 e. The fraction of sp³-hybridized carbons (Fsp3) is 0.455. The van der Waals surface area contributed by atoms with Gasteiger partial charge in [-0.2, -0.15) is 0 Å². The second-order valence-corrected chi connectivity index (χ2v) is 9.03. The van der Waals surface area contributed by atoms with E-state index in [2.05, 4.69) is 49.5 Å². The fourth-order valence-electron chi connectivity index (χ4n) is 4.09. The van der Waals surface area contributed by atoms with Gasteiger partial charge in [-0.25, -0.2) is 4.98 Å². The van der Waals surface area contributed by atoms with E-state index in [1.165, 1.54) is 29.0 Å². The Morgan fingerprint density at radius 1 is 1.19 bits per heavy atom. The third-order valence-corrected chi connectivity index (χ3v) is 6.52. The van der Waals surface area contributed by atoms with Crippen molar-refractivity contribution in [3.8, 4) is 0 Å². The molecule has 27 heavy (non-hydrogen) atoms. The molecule has 2 N–H and O–H groups in total. The summed E-state index contributed by atoms with van der Waals surface area (Å²) in [5, 5.41) is 2.33. The number of quaternary nitrogens is 1. The molecule has 1 atom stereocenters. The number of thiazole rings is 1. The highest BCUT2D eigenvalue weighted by Crippen LogP contribution is 2.28. The SMILES string of the molecule is CC(C)C[C@H]([NH2+]Cc1cc(=O)n2c3c(sc2n1)CCCC3)c1ccccc1. The maximum absolute atomic E-state index is 12.7. The quantitative estimate of drug-likeness (QED) is 0.709. The van der Waals surface area contributed by atoms with E-state index in [-0.39, 0.29) is 5.56 Å². The topological polar surface area (TPSA) is 51.0 Å². The lowest BCUT2D eigenvalue weighted by Gasteiger charge is -2.18. The molecule has 0 saturated carbocycles. The van der Waals surface area contributed by atoms with Crippen LogP contribution in [0.1, 0.15) is 61.0 Å². The Morgan fingerprint density at radius 3 is 2.74 bits per heavy atom. The predicted molar refractivity (Wildman–Crippen MR) is 110 cm³/mol. The highest BCUT2D eigenvalue weighted by molar-refractivity contribution is 7.17. The van der Waals surface area contributed by atoms with Crippen molar-refractivity contribution in [3.63, 3.8) is 0 Å². The summed E-state index contributed by atoms with van der Waals surface area (Å²) in [5.74, 6) is 0.622. The number of aryl methyl sites for hydroxylation is 2. The summed E-state index contributed by atoms with van der Waals surface area (Å²) in [6.45, 7) is 5.26. The van der Waals surface area contributed by atoms with E-state index in [1.54, 1.807) is 17.4 Å². The van der Waals surface area contributed by atoms with Crippen LogP contribution in [0.25, 0.3) is 4.96 Å². The van der Waals surface area contributed by atoms with Crippen molar-refractivity contribution in [3.05, 3.63) is 68.6 Å². The molecule has 0 spiro atoms. The molecule has 142 valence electrons. The van der Waals surface area contributed by atoms with Crippen molar-refractivity contribution in [2.45, 2.75) is 58.5 Å². The van der Waals surface area contributed by atoms with Crippen LogP contribution in [0, 0.1) is 5.92 Å². The molecule has 0 aliphatic heterocycles. The summed E-state index contributed by atoms with van der Waals surface area (Å²) in [5.41, 5.74) is 3.53. The van der Waals surface area contributed by atoms with Gasteiger partial charge < -0.3 is 5.32 Å². The number of aromatic nitrogens is 2. The first-order valence-corrected chi connectivity index (χ1v) is 10.8. The monoisotopic (exact) mass is 382 g/mol. The third kappa shape index (κ3) is 3.99. The third-order valence-electron chi connectivity index (χ3n) is 5.38. The number of nitrogens with two attached hydrogens (primary N) is 1. The van der Waals surface area contributed by atoms with Gasteiger partial charge in [-0.15, -0.1) is 11.3 Å². The van der Waals surface area contributed by atoms with Gasteiger partial charge >= 0.3 is 0 Å². The molecule has 1 aliphatic carbocycles. The first-order valence-electron chi connectivity index (χ1n) is 10.0. The van der Waals surface area contributed by atoms with Gasteiger partial charge in [0.25, 0.3) is 5.56 Å². The second kappa shape index (κ2) is 7.95. The van der Waals surface area contributed by atoms with Crippen LogP contribution in [-0.2, 0) is 19.4 Å². The summed E-state index contributed by atoms with van der Waals surface area (Å²) in [6.07, 6.45) is 5.61. The molecule has 1 aliphatic rings. The lowest BCUT2D eigenvalue weighted by Crippen LogP contribution is -2.84. The Labute approximate surface area is 164 Å². The molecular weight excluding hydrogens is 354 g/mol. The number of hydrogen-bond donors (Lipinski definition) is 1. The van der Waals surface area contributed by atoms with Gasteiger partial charge in [0.15, 0.2) is 4.96 Å². The van der Waals surface area contributed by atoms with Gasteiger partial charge in [0.05, 0.1) is 0 Å². The van der Waals surface area contributed by atoms with Gasteiger partial charge in [-0.05, 0) is 31.6 Å². The number of rotatable bonds is 6. The molecule has 0 bridgehead atoms. The van der Waals surface area contributed by atoms with Crippen LogP contribution in [0.2, 0.25) is 0 Å². The molecule has 0 fully saturated rings. The predicted octanol–water partition coefficient (Wildman–Crippen LogP) is 3.49. The number of hydrogen-bond acceptors (Lipinski definition) is 3. The number of nitrogens with zero attached hydrogens (tertiary/aromatic N) is 2. The van der Waals surface area contributed by atoms with Crippen molar-refractivity contribution in [1.82, 2.24) is 9.38 Å². The molecule has 4 nitrogen and oxygen atoms in total. The fourth-order valence-corrected chi connectivity index (χ4v) is 5.32.